The van der Waals surface area contributed by atoms with Crippen LogP contribution in [0.15, 0.2) is 53.4 Å². The van der Waals surface area contributed by atoms with Gasteiger partial charge >= 0.3 is 0 Å². The molecule has 8 heteroatoms. The summed E-state index contributed by atoms with van der Waals surface area (Å²) in [4.78, 5) is 23.6. The molecule has 0 aliphatic rings. The number of sulfonamides is 1. The maximum absolute atomic E-state index is 12.6. The van der Waals surface area contributed by atoms with Crippen molar-refractivity contribution in [2.75, 3.05) is 20.7 Å². The van der Waals surface area contributed by atoms with Crippen molar-refractivity contribution >= 4 is 21.7 Å². The second-order valence-electron chi connectivity index (χ2n) is 6.32. The summed E-state index contributed by atoms with van der Waals surface area (Å²) in [5.74, 6) is -0.566. The first kappa shape index (κ1) is 21.7. The lowest BCUT2D eigenvalue weighted by molar-refractivity contribution is -0.121. The summed E-state index contributed by atoms with van der Waals surface area (Å²) in [5, 5.41) is 2.73. The monoisotopic (exact) mass is 404 g/mol. The maximum atomic E-state index is 12.6. The highest BCUT2D eigenvalue weighted by Gasteiger charge is 2.23. The maximum Gasteiger partial charge on any atom is 0.243 e. The largest absolute Gasteiger partial charge is 0.380 e. The number of rotatable bonds is 9. The summed E-state index contributed by atoms with van der Waals surface area (Å²) in [7, 11) is -0.900. The Hall–Kier alpha value is -2.55. The normalized spacial score (nSPS) is 11.4. The van der Waals surface area contributed by atoms with Gasteiger partial charge in [0, 0.05) is 26.3 Å². The number of ketones is 1. The molecule has 1 amide bonds. The van der Waals surface area contributed by atoms with E-state index in [0.717, 1.165) is 15.4 Å². The van der Waals surface area contributed by atoms with Gasteiger partial charge in [-0.2, -0.15) is 4.31 Å². The Morgan fingerprint density at radius 2 is 1.64 bits per heavy atom. The number of amides is 1. The Kier molecular flexibility index (Phi) is 7.45. The minimum absolute atomic E-state index is 0.0261. The topological polar surface area (TPSA) is 92.8 Å². The van der Waals surface area contributed by atoms with Gasteiger partial charge in [-0.05, 0) is 30.2 Å². The van der Waals surface area contributed by atoms with Crippen LogP contribution < -0.4 is 5.32 Å². The van der Waals surface area contributed by atoms with E-state index in [1.54, 1.807) is 7.11 Å². The first-order chi connectivity index (χ1) is 13.3. The summed E-state index contributed by atoms with van der Waals surface area (Å²) in [6.07, 6.45) is 0. The van der Waals surface area contributed by atoms with Crippen LogP contribution >= 0.6 is 0 Å². The summed E-state index contributed by atoms with van der Waals surface area (Å²) < 4.78 is 31.3. The number of hydrogen-bond acceptors (Lipinski definition) is 5. The van der Waals surface area contributed by atoms with Crippen molar-refractivity contribution in [2.45, 2.75) is 25.0 Å². The SMILES string of the molecule is COCc1ccccc1CNC(=O)CN(C)S(=O)(=O)c1ccc(C(C)=O)cc1. The molecule has 0 radical (unpaired) electrons. The quantitative estimate of drug-likeness (QED) is 0.645. The number of likely N-dealkylation sites (N-methyl/N-ethyl adjacent to an activating group) is 1. The van der Waals surface area contributed by atoms with Crippen LogP contribution in [0.5, 0.6) is 0 Å². The standard InChI is InChI=1S/C20H24N2O5S/c1-15(23)16-8-10-19(11-9-16)28(25,26)22(2)13-20(24)21-12-17-6-4-5-7-18(17)14-27-3/h4-11H,12-14H2,1-3H3,(H,21,24). The number of nitrogens with zero attached hydrogens (tertiary/aromatic N) is 1. The van der Waals surface area contributed by atoms with Gasteiger partial charge in [-0.15, -0.1) is 0 Å². The molecule has 0 aliphatic carbocycles. The van der Waals surface area contributed by atoms with E-state index < -0.39 is 15.9 Å². The Bertz CT molecular complexity index is 939. The van der Waals surface area contributed by atoms with Crippen LogP contribution in [0.1, 0.15) is 28.4 Å². The zero-order valence-electron chi connectivity index (χ0n) is 16.1. The second kappa shape index (κ2) is 9.59. The average molecular weight is 404 g/mol. The summed E-state index contributed by atoms with van der Waals surface area (Å²) >= 11 is 0. The van der Waals surface area contributed by atoms with E-state index in [2.05, 4.69) is 5.32 Å². The number of benzene rings is 2. The van der Waals surface area contributed by atoms with Crippen LogP contribution in [0.25, 0.3) is 0 Å². The van der Waals surface area contributed by atoms with E-state index in [0.29, 0.717) is 12.2 Å². The van der Waals surface area contributed by atoms with Crippen LogP contribution in [0, 0.1) is 0 Å². The third-order valence-electron chi connectivity index (χ3n) is 4.23. The van der Waals surface area contributed by atoms with Crippen molar-refractivity contribution in [3.05, 3.63) is 65.2 Å². The second-order valence-corrected chi connectivity index (χ2v) is 8.36. The molecular formula is C20H24N2O5S. The number of ether oxygens (including phenoxy) is 1. The molecule has 0 atom stereocenters. The fourth-order valence-corrected chi connectivity index (χ4v) is 3.73. The van der Waals surface area contributed by atoms with Crippen LogP contribution in [0.4, 0.5) is 0 Å². The molecule has 7 nitrogen and oxygen atoms in total. The van der Waals surface area contributed by atoms with E-state index >= 15 is 0 Å². The predicted molar refractivity (Wildman–Crippen MR) is 105 cm³/mol. The number of carbonyl (C=O) groups excluding carboxylic acids is 2. The first-order valence-electron chi connectivity index (χ1n) is 8.65. The molecule has 0 heterocycles. The molecule has 0 saturated carbocycles. The molecule has 0 unspecified atom stereocenters. The van der Waals surface area contributed by atoms with Crippen molar-refractivity contribution in [3.63, 3.8) is 0 Å². The van der Waals surface area contributed by atoms with Crippen LogP contribution in [0.3, 0.4) is 0 Å². The Morgan fingerprint density at radius 3 is 2.21 bits per heavy atom. The van der Waals surface area contributed by atoms with Crippen molar-refractivity contribution in [1.29, 1.82) is 0 Å². The van der Waals surface area contributed by atoms with Gasteiger partial charge in [0.1, 0.15) is 0 Å². The van der Waals surface area contributed by atoms with Crippen LogP contribution in [-0.2, 0) is 32.7 Å². The number of methoxy groups -OCH3 is 1. The lowest BCUT2D eigenvalue weighted by Gasteiger charge is -2.17. The predicted octanol–water partition coefficient (Wildman–Crippen LogP) is 1.97. The molecule has 0 saturated heterocycles. The average Bonchev–Trinajstić information content (AvgIpc) is 2.67. The third-order valence-corrected chi connectivity index (χ3v) is 6.05. The molecule has 28 heavy (non-hydrogen) atoms. The molecular weight excluding hydrogens is 380 g/mol. The Morgan fingerprint density at radius 1 is 1.04 bits per heavy atom. The van der Waals surface area contributed by atoms with Crippen molar-refractivity contribution in [3.8, 4) is 0 Å². The number of carbonyl (C=O) groups is 2. The molecule has 0 aromatic heterocycles. The smallest absolute Gasteiger partial charge is 0.243 e. The van der Waals surface area contributed by atoms with Crippen molar-refractivity contribution < 1.29 is 22.7 Å². The number of hydrogen-bond donors (Lipinski definition) is 1. The zero-order chi connectivity index (χ0) is 20.7. The van der Waals surface area contributed by atoms with E-state index in [1.165, 1.54) is 38.2 Å². The van der Waals surface area contributed by atoms with Gasteiger partial charge in [0.2, 0.25) is 15.9 Å². The number of Topliss-reactive ketones (excluding diaryl/α,β-unsaturated/α-hetero) is 1. The van der Waals surface area contributed by atoms with Gasteiger partial charge in [-0.3, -0.25) is 9.59 Å². The molecule has 0 spiro atoms. The van der Waals surface area contributed by atoms with Gasteiger partial charge in [0.25, 0.3) is 0 Å². The van der Waals surface area contributed by atoms with Gasteiger partial charge in [0.15, 0.2) is 5.78 Å². The van der Waals surface area contributed by atoms with Gasteiger partial charge in [-0.25, -0.2) is 8.42 Å². The van der Waals surface area contributed by atoms with E-state index in [4.69, 9.17) is 4.74 Å². The Labute approximate surface area is 165 Å². The highest BCUT2D eigenvalue weighted by atomic mass is 32.2. The minimum atomic E-state index is -3.84. The molecule has 2 rings (SSSR count). The van der Waals surface area contributed by atoms with Gasteiger partial charge in [0.05, 0.1) is 18.0 Å². The summed E-state index contributed by atoms with van der Waals surface area (Å²) in [6.45, 7) is 1.80. The van der Waals surface area contributed by atoms with Crippen LogP contribution in [0.2, 0.25) is 0 Å². The molecule has 2 aromatic rings. The van der Waals surface area contributed by atoms with Gasteiger partial charge in [-0.1, -0.05) is 36.4 Å². The van der Waals surface area contributed by atoms with E-state index in [-0.39, 0.29) is 23.8 Å². The summed E-state index contributed by atoms with van der Waals surface area (Å²) in [5.41, 5.74) is 2.29. The first-order valence-corrected chi connectivity index (χ1v) is 10.1. The van der Waals surface area contributed by atoms with Crippen molar-refractivity contribution in [2.24, 2.45) is 0 Å². The fraction of sp³-hybridized carbons (Fsp3) is 0.300. The zero-order valence-corrected chi connectivity index (χ0v) is 17.0. The van der Waals surface area contributed by atoms with E-state index in [1.807, 2.05) is 24.3 Å². The molecule has 150 valence electrons. The van der Waals surface area contributed by atoms with E-state index in [9.17, 15) is 18.0 Å². The Balaban J connectivity index is 2.00. The highest BCUT2D eigenvalue weighted by molar-refractivity contribution is 7.89. The number of nitrogens with one attached hydrogen (secondary N) is 1. The van der Waals surface area contributed by atoms with Gasteiger partial charge < -0.3 is 10.1 Å². The summed E-state index contributed by atoms with van der Waals surface area (Å²) in [6, 6.07) is 13.2. The molecule has 0 fully saturated rings. The highest BCUT2D eigenvalue weighted by Crippen LogP contribution is 2.15. The molecule has 0 bridgehead atoms. The van der Waals surface area contributed by atoms with Crippen LogP contribution in [-0.4, -0.2) is 45.1 Å². The molecule has 2 aromatic carbocycles. The molecule has 1 N–H and O–H groups in total. The fourth-order valence-electron chi connectivity index (χ4n) is 2.60. The lowest BCUT2D eigenvalue weighted by Crippen LogP contribution is -2.38. The lowest BCUT2D eigenvalue weighted by atomic mass is 10.1. The third kappa shape index (κ3) is 5.48. The minimum Gasteiger partial charge on any atom is -0.380 e. The van der Waals surface area contributed by atoms with Crippen molar-refractivity contribution in [1.82, 2.24) is 9.62 Å². The molecule has 0 aliphatic heterocycles.